The zero-order valence-corrected chi connectivity index (χ0v) is 24.2. The number of rotatable bonds is 8. The van der Waals surface area contributed by atoms with Crippen LogP contribution in [-0.4, -0.2) is 54.0 Å². The van der Waals surface area contributed by atoms with Crippen LogP contribution < -0.4 is 10.6 Å². The Balaban J connectivity index is 1.16. The van der Waals surface area contributed by atoms with Crippen molar-refractivity contribution in [3.8, 4) is 11.4 Å². The molecule has 1 amide bonds. The van der Waals surface area contributed by atoms with Gasteiger partial charge in [-0.1, -0.05) is 12.1 Å². The zero-order valence-electron chi connectivity index (χ0n) is 24.2. The predicted molar refractivity (Wildman–Crippen MR) is 160 cm³/mol. The summed E-state index contributed by atoms with van der Waals surface area (Å²) < 4.78 is 5.93. The molecule has 11 nitrogen and oxygen atoms in total. The summed E-state index contributed by atoms with van der Waals surface area (Å²) in [5.41, 5.74) is 5.34. The number of fused-ring (bicyclic) bond motifs is 1. The first kappa shape index (κ1) is 27.5. The molecule has 1 aliphatic carbocycles. The summed E-state index contributed by atoms with van der Waals surface area (Å²) in [7, 11) is 1.62. The maximum Gasteiger partial charge on any atom is 0.252 e. The monoisotopic (exact) mass is 565 g/mol. The van der Waals surface area contributed by atoms with Gasteiger partial charge in [-0.3, -0.25) is 25.0 Å². The molecule has 216 valence electrons. The van der Waals surface area contributed by atoms with E-state index < -0.39 is 5.60 Å². The van der Waals surface area contributed by atoms with Crippen LogP contribution in [0.15, 0.2) is 54.9 Å². The van der Waals surface area contributed by atoms with E-state index in [2.05, 4.69) is 41.0 Å². The van der Waals surface area contributed by atoms with Crippen LogP contribution in [0.25, 0.3) is 22.3 Å². The first-order valence-electron chi connectivity index (χ1n) is 14.2. The van der Waals surface area contributed by atoms with Crippen molar-refractivity contribution in [2.45, 2.75) is 64.0 Å². The van der Waals surface area contributed by atoms with Crippen LogP contribution in [0, 0.1) is 13.8 Å². The van der Waals surface area contributed by atoms with E-state index >= 15 is 0 Å². The molecule has 1 aliphatic rings. The second-order valence-electron chi connectivity index (χ2n) is 11.1. The van der Waals surface area contributed by atoms with Gasteiger partial charge in [-0.05, 0) is 76.3 Å². The summed E-state index contributed by atoms with van der Waals surface area (Å²) in [6, 6.07) is 13.5. The van der Waals surface area contributed by atoms with E-state index in [1.54, 1.807) is 19.5 Å². The topological polar surface area (TPSA) is 146 Å². The third-order valence-electron chi connectivity index (χ3n) is 8.16. The van der Waals surface area contributed by atoms with Gasteiger partial charge in [0.15, 0.2) is 5.82 Å². The Bertz CT molecular complexity index is 1700. The summed E-state index contributed by atoms with van der Waals surface area (Å²) >= 11 is 0. The highest BCUT2D eigenvalue weighted by molar-refractivity contribution is 5.86. The highest BCUT2D eigenvalue weighted by atomic mass is 16.5. The number of nitrogens with one attached hydrogen (secondary N) is 4. The van der Waals surface area contributed by atoms with Gasteiger partial charge in [0.05, 0.1) is 22.9 Å². The fraction of sp³-hybridized carbons (Fsp3) is 0.355. The van der Waals surface area contributed by atoms with Gasteiger partial charge in [-0.25, -0.2) is 4.98 Å². The first-order valence-corrected chi connectivity index (χ1v) is 14.2. The average Bonchev–Trinajstić information content (AvgIpc) is 3.64. The number of hydrogen-bond donors (Lipinski definition) is 4. The van der Waals surface area contributed by atoms with E-state index in [9.17, 15) is 4.79 Å². The van der Waals surface area contributed by atoms with Crippen LogP contribution in [0.5, 0.6) is 0 Å². The molecule has 5 heterocycles. The molecule has 4 N–H and O–H groups in total. The number of anilines is 2. The van der Waals surface area contributed by atoms with Crippen molar-refractivity contribution >= 4 is 28.4 Å². The predicted octanol–water partition coefficient (Wildman–Crippen LogP) is 5.42. The number of ether oxygens (including phenoxy) is 1. The van der Waals surface area contributed by atoms with Crippen molar-refractivity contribution in [2.24, 2.45) is 0 Å². The summed E-state index contributed by atoms with van der Waals surface area (Å²) in [6.45, 7) is 5.87. The summed E-state index contributed by atoms with van der Waals surface area (Å²) in [4.78, 5) is 27.8. The van der Waals surface area contributed by atoms with Crippen molar-refractivity contribution in [1.29, 1.82) is 0 Å². The van der Waals surface area contributed by atoms with Crippen LogP contribution >= 0.6 is 0 Å². The summed E-state index contributed by atoms with van der Waals surface area (Å²) in [5, 5.41) is 21.9. The van der Waals surface area contributed by atoms with Crippen LogP contribution in [-0.2, 0) is 9.53 Å². The molecule has 0 unspecified atom stereocenters. The molecule has 11 heteroatoms. The molecule has 0 saturated heterocycles. The minimum atomic E-state index is -0.906. The van der Waals surface area contributed by atoms with E-state index in [0.29, 0.717) is 24.5 Å². The molecule has 0 aromatic carbocycles. The van der Waals surface area contributed by atoms with Gasteiger partial charge in [0.25, 0.3) is 5.91 Å². The van der Waals surface area contributed by atoms with Gasteiger partial charge in [0.2, 0.25) is 0 Å². The molecule has 0 spiro atoms. The lowest BCUT2D eigenvalue weighted by Gasteiger charge is -2.38. The van der Waals surface area contributed by atoms with E-state index in [1.807, 2.05) is 63.2 Å². The van der Waals surface area contributed by atoms with Gasteiger partial charge < -0.3 is 15.4 Å². The maximum atomic E-state index is 13.6. The lowest BCUT2D eigenvalue weighted by atomic mass is 9.76. The standard InChI is InChI=1S/C31H35N9O2/c1-18-14-25(39-37-18)24-8-7-23(17-33-24)20(3)34-30(41)31(42-4)11-9-21(10-12-31)29-28-22(6-5-13-32-28)16-26(36-29)35-27-15-19(2)38-40-27/h5-8,13-17,20-21H,9-12H2,1-4H3,(H,34,41)(H,37,39)(H2,35,36,38,40)/t20-,21?,31?/m0/s1. The van der Waals surface area contributed by atoms with Crippen LogP contribution in [0.3, 0.4) is 0 Å². The third kappa shape index (κ3) is 5.47. The molecule has 42 heavy (non-hydrogen) atoms. The lowest BCUT2D eigenvalue weighted by molar-refractivity contribution is -0.148. The molecule has 0 bridgehead atoms. The molecular formula is C31H35N9O2. The number of aryl methyl sites for hydroxylation is 2. The molecular weight excluding hydrogens is 530 g/mol. The Labute approximate surface area is 243 Å². The number of amides is 1. The third-order valence-corrected chi connectivity index (χ3v) is 8.16. The smallest absolute Gasteiger partial charge is 0.252 e. The number of nitrogens with zero attached hydrogens (tertiary/aromatic N) is 5. The molecule has 1 fully saturated rings. The Hall–Kier alpha value is -4.64. The second kappa shape index (κ2) is 11.3. The van der Waals surface area contributed by atoms with Crippen molar-refractivity contribution < 1.29 is 9.53 Å². The SMILES string of the molecule is COC1(C(=O)N[C@@H](C)c2ccc(-c3cc(C)[nH]n3)nc2)CCC(c2nc(Nc3cc(C)[nH]n3)cc3cccnc23)CC1. The average molecular weight is 566 g/mol. The minimum Gasteiger partial charge on any atom is -0.368 e. The molecule has 5 aromatic heterocycles. The van der Waals surface area contributed by atoms with Gasteiger partial charge in [-0.15, -0.1) is 0 Å². The minimum absolute atomic E-state index is 0.108. The Morgan fingerprint density at radius 2 is 1.79 bits per heavy atom. The largest absolute Gasteiger partial charge is 0.368 e. The number of carbonyl (C=O) groups is 1. The number of hydrogen-bond acceptors (Lipinski definition) is 8. The normalized spacial score (nSPS) is 19.5. The van der Waals surface area contributed by atoms with Crippen LogP contribution in [0.2, 0.25) is 0 Å². The molecule has 0 aliphatic heterocycles. The molecule has 0 radical (unpaired) electrons. The van der Waals surface area contributed by atoms with E-state index in [0.717, 1.165) is 57.8 Å². The van der Waals surface area contributed by atoms with E-state index in [4.69, 9.17) is 9.72 Å². The summed E-state index contributed by atoms with van der Waals surface area (Å²) in [6.07, 6.45) is 6.24. The highest BCUT2D eigenvalue weighted by Gasteiger charge is 2.43. The van der Waals surface area contributed by atoms with Gasteiger partial charge in [0, 0.05) is 48.3 Å². The molecule has 1 atom stereocenters. The number of aromatic nitrogens is 7. The Kier molecular flexibility index (Phi) is 7.42. The Morgan fingerprint density at radius 1 is 1.00 bits per heavy atom. The van der Waals surface area contributed by atoms with E-state index in [1.165, 1.54) is 0 Å². The fourth-order valence-electron chi connectivity index (χ4n) is 5.73. The van der Waals surface area contributed by atoms with E-state index in [-0.39, 0.29) is 17.9 Å². The van der Waals surface area contributed by atoms with Crippen LogP contribution in [0.1, 0.15) is 67.2 Å². The van der Waals surface area contributed by atoms with Crippen molar-refractivity contribution in [3.05, 3.63) is 77.5 Å². The number of methoxy groups -OCH3 is 1. The quantitative estimate of drug-likeness (QED) is 0.195. The van der Waals surface area contributed by atoms with Crippen molar-refractivity contribution in [2.75, 3.05) is 12.4 Å². The molecule has 6 rings (SSSR count). The lowest BCUT2D eigenvalue weighted by Crippen LogP contribution is -2.50. The first-order chi connectivity index (χ1) is 20.3. The fourth-order valence-corrected chi connectivity index (χ4v) is 5.73. The van der Waals surface area contributed by atoms with Crippen LogP contribution in [0.4, 0.5) is 11.6 Å². The molecule has 1 saturated carbocycles. The highest BCUT2D eigenvalue weighted by Crippen LogP contribution is 2.42. The van der Waals surface area contributed by atoms with Gasteiger partial charge in [0.1, 0.15) is 17.1 Å². The number of H-pyrrole nitrogens is 2. The Morgan fingerprint density at radius 3 is 2.45 bits per heavy atom. The van der Waals surface area contributed by atoms with Crippen molar-refractivity contribution in [1.82, 2.24) is 40.7 Å². The second-order valence-corrected chi connectivity index (χ2v) is 11.1. The number of pyridine rings is 3. The van der Waals surface area contributed by atoms with Crippen molar-refractivity contribution in [3.63, 3.8) is 0 Å². The number of aromatic amines is 2. The number of carbonyl (C=O) groups excluding carboxylic acids is 1. The molecule has 5 aromatic rings. The van der Waals surface area contributed by atoms with Gasteiger partial charge in [-0.2, -0.15) is 10.2 Å². The van der Waals surface area contributed by atoms with Gasteiger partial charge >= 0.3 is 0 Å². The summed E-state index contributed by atoms with van der Waals surface area (Å²) in [5.74, 6) is 1.46. The maximum absolute atomic E-state index is 13.6. The zero-order chi connectivity index (χ0) is 29.3.